The Hall–Kier alpha value is -3.43. The number of pyridine rings is 1. The predicted molar refractivity (Wildman–Crippen MR) is 105 cm³/mol. The van der Waals surface area contributed by atoms with Crippen LogP contribution in [0, 0.1) is 10.1 Å². The van der Waals surface area contributed by atoms with Gasteiger partial charge < -0.3 is 25.2 Å². The lowest BCUT2D eigenvalue weighted by Crippen LogP contribution is -2.30. The summed E-state index contributed by atoms with van der Waals surface area (Å²) in [5.41, 5.74) is 0.220. The lowest BCUT2D eigenvalue weighted by atomic mass is 10.1. The molecule has 146 valence electrons. The molecule has 0 spiro atoms. The van der Waals surface area contributed by atoms with Crippen LogP contribution in [0.4, 0.5) is 11.4 Å². The summed E-state index contributed by atoms with van der Waals surface area (Å²) in [7, 11) is 0. The van der Waals surface area contributed by atoms with Crippen molar-refractivity contribution >= 4 is 22.3 Å². The van der Waals surface area contributed by atoms with Crippen molar-refractivity contribution in [2.45, 2.75) is 0 Å². The van der Waals surface area contributed by atoms with Gasteiger partial charge in [-0.05, 0) is 18.2 Å². The number of aromatic hydroxyl groups is 1. The third-order valence-corrected chi connectivity index (χ3v) is 4.42. The average Bonchev–Trinajstić information content (AvgIpc) is 2.70. The van der Waals surface area contributed by atoms with Crippen molar-refractivity contribution in [3.8, 4) is 17.0 Å². The number of fused-ring (bicyclic) bond motifs is 1. The number of nitro benzene ring substituents is 1. The van der Waals surface area contributed by atoms with Crippen LogP contribution >= 0.6 is 0 Å². The Kier molecular flexibility index (Phi) is 5.57. The van der Waals surface area contributed by atoms with Crippen LogP contribution in [0.25, 0.3) is 22.2 Å². The zero-order valence-corrected chi connectivity index (χ0v) is 14.8. The first-order valence-corrected chi connectivity index (χ1v) is 8.57. The monoisotopic (exact) mass is 385 g/mol. The molecule has 0 saturated carbocycles. The van der Waals surface area contributed by atoms with Gasteiger partial charge in [-0.1, -0.05) is 18.2 Å². The third kappa shape index (κ3) is 3.53. The van der Waals surface area contributed by atoms with E-state index in [1.165, 1.54) is 23.1 Å². The predicted octanol–water partition coefficient (Wildman–Crippen LogP) is 1.60. The summed E-state index contributed by atoms with van der Waals surface area (Å²) in [5.74, 6) is -0.525. The van der Waals surface area contributed by atoms with Crippen molar-refractivity contribution in [2.24, 2.45) is 0 Å². The number of aromatic nitrogens is 1. The fraction of sp³-hybridized carbons (Fsp3) is 0.211. The second-order valence-electron chi connectivity index (χ2n) is 6.12. The Balaban J connectivity index is 2.18. The van der Waals surface area contributed by atoms with Crippen LogP contribution in [0.5, 0.6) is 5.75 Å². The SMILES string of the molecule is O=c1c(O)c(-c2ccc(N(CCO)CCO)c([N+](=O)[O-])c2)[nH]c2ccccc12. The lowest BCUT2D eigenvalue weighted by molar-refractivity contribution is -0.384. The van der Waals surface area contributed by atoms with Crippen LogP contribution in [-0.2, 0) is 0 Å². The average molecular weight is 385 g/mol. The summed E-state index contributed by atoms with van der Waals surface area (Å²) >= 11 is 0. The maximum atomic E-state index is 12.4. The van der Waals surface area contributed by atoms with Crippen LogP contribution in [0.1, 0.15) is 0 Å². The molecule has 0 aliphatic carbocycles. The highest BCUT2D eigenvalue weighted by Gasteiger charge is 2.22. The largest absolute Gasteiger partial charge is 0.503 e. The summed E-state index contributed by atoms with van der Waals surface area (Å²) in [6.45, 7) is -0.257. The topological polar surface area (TPSA) is 140 Å². The zero-order valence-electron chi connectivity index (χ0n) is 14.8. The molecular formula is C19H19N3O6. The number of nitro groups is 1. The summed E-state index contributed by atoms with van der Waals surface area (Å²) in [6, 6.07) is 10.9. The molecule has 0 unspecified atom stereocenters. The van der Waals surface area contributed by atoms with E-state index in [-0.39, 0.29) is 48.9 Å². The molecule has 3 rings (SSSR count). The Morgan fingerprint density at radius 1 is 1.07 bits per heavy atom. The number of aliphatic hydroxyl groups is 2. The van der Waals surface area contributed by atoms with Crippen molar-refractivity contribution in [3.05, 3.63) is 62.8 Å². The molecule has 1 aromatic heterocycles. The number of hydrogen-bond donors (Lipinski definition) is 4. The zero-order chi connectivity index (χ0) is 20.3. The summed E-state index contributed by atoms with van der Waals surface area (Å²) in [4.78, 5) is 27.9. The maximum Gasteiger partial charge on any atom is 0.293 e. The van der Waals surface area contributed by atoms with Gasteiger partial charge in [0.1, 0.15) is 5.69 Å². The van der Waals surface area contributed by atoms with Gasteiger partial charge in [0.2, 0.25) is 5.43 Å². The maximum absolute atomic E-state index is 12.4. The summed E-state index contributed by atoms with van der Waals surface area (Å²) in [5, 5.41) is 40.6. The number of aromatic amines is 1. The lowest BCUT2D eigenvalue weighted by Gasteiger charge is -2.23. The second kappa shape index (κ2) is 8.07. The van der Waals surface area contributed by atoms with E-state index in [4.69, 9.17) is 0 Å². The van der Waals surface area contributed by atoms with Gasteiger partial charge in [-0.15, -0.1) is 0 Å². The first-order chi connectivity index (χ1) is 13.5. The number of aliphatic hydroxyl groups excluding tert-OH is 2. The molecule has 1 heterocycles. The first-order valence-electron chi connectivity index (χ1n) is 8.57. The molecule has 0 radical (unpaired) electrons. The normalized spacial score (nSPS) is 10.9. The molecule has 2 aromatic carbocycles. The standard InChI is InChI=1S/C19H19N3O6/c23-9-7-21(8-10-24)15-6-5-12(11-16(15)22(27)28)17-19(26)18(25)13-3-1-2-4-14(13)20-17/h1-6,11,23-24,26H,7-10H2,(H,20,25). The first kappa shape index (κ1) is 19.3. The smallest absolute Gasteiger partial charge is 0.293 e. The van der Waals surface area contributed by atoms with Crippen molar-refractivity contribution in [2.75, 3.05) is 31.2 Å². The van der Waals surface area contributed by atoms with E-state index in [2.05, 4.69) is 4.98 Å². The van der Waals surface area contributed by atoms with Crippen molar-refractivity contribution in [1.29, 1.82) is 0 Å². The van der Waals surface area contributed by atoms with Crippen LogP contribution in [0.3, 0.4) is 0 Å². The van der Waals surface area contributed by atoms with Gasteiger partial charge in [-0.25, -0.2) is 0 Å². The van der Waals surface area contributed by atoms with E-state index < -0.39 is 16.1 Å². The van der Waals surface area contributed by atoms with Crippen LogP contribution in [0.2, 0.25) is 0 Å². The molecule has 0 amide bonds. The minimum atomic E-state index is -0.587. The van der Waals surface area contributed by atoms with Gasteiger partial charge in [0.05, 0.1) is 23.8 Å². The molecule has 0 aliphatic heterocycles. The molecule has 3 aromatic rings. The molecule has 9 heteroatoms. The van der Waals surface area contributed by atoms with Gasteiger partial charge in [0.25, 0.3) is 5.69 Å². The fourth-order valence-electron chi connectivity index (χ4n) is 3.12. The highest BCUT2D eigenvalue weighted by Crippen LogP contribution is 2.35. The molecule has 0 fully saturated rings. The highest BCUT2D eigenvalue weighted by molar-refractivity contribution is 5.85. The van der Waals surface area contributed by atoms with E-state index in [9.17, 15) is 30.2 Å². The number of nitrogens with one attached hydrogen (secondary N) is 1. The van der Waals surface area contributed by atoms with E-state index in [1.54, 1.807) is 24.3 Å². The molecule has 9 nitrogen and oxygen atoms in total. The van der Waals surface area contributed by atoms with E-state index in [0.29, 0.717) is 10.9 Å². The molecular weight excluding hydrogens is 366 g/mol. The van der Waals surface area contributed by atoms with Crippen LogP contribution in [0.15, 0.2) is 47.3 Å². The molecule has 0 aliphatic rings. The number of anilines is 1. The molecule has 0 bridgehead atoms. The molecule has 0 saturated heterocycles. The van der Waals surface area contributed by atoms with Gasteiger partial charge in [0.15, 0.2) is 5.75 Å². The van der Waals surface area contributed by atoms with Crippen LogP contribution < -0.4 is 10.3 Å². The minimum Gasteiger partial charge on any atom is -0.503 e. The summed E-state index contributed by atoms with van der Waals surface area (Å²) < 4.78 is 0. The quantitative estimate of drug-likeness (QED) is 0.358. The Morgan fingerprint density at radius 3 is 2.39 bits per heavy atom. The number of hydrogen-bond acceptors (Lipinski definition) is 7. The summed E-state index contributed by atoms with van der Waals surface area (Å²) in [6.07, 6.45) is 0. The van der Waals surface area contributed by atoms with Crippen molar-refractivity contribution in [1.82, 2.24) is 4.98 Å². The van der Waals surface area contributed by atoms with Crippen molar-refractivity contribution in [3.63, 3.8) is 0 Å². The van der Waals surface area contributed by atoms with Crippen molar-refractivity contribution < 1.29 is 20.2 Å². The van der Waals surface area contributed by atoms with Crippen LogP contribution in [-0.4, -0.2) is 51.5 Å². The van der Waals surface area contributed by atoms with Gasteiger partial charge in [-0.2, -0.15) is 0 Å². The van der Waals surface area contributed by atoms with E-state index in [1.807, 2.05) is 0 Å². The van der Waals surface area contributed by atoms with Gasteiger partial charge in [-0.3, -0.25) is 14.9 Å². The van der Waals surface area contributed by atoms with Gasteiger partial charge in [0, 0.05) is 35.6 Å². The molecule has 0 atom stereocenters. The molecule has 4 N–H and O–H groups in total. The third-order valence-electron chi connectivity index (χ3n) is 4.42. The number of nitrogens with zero attached hydrogens (tertiary/aromatic N) is 2. The fourth-order valence-corrected chi connectivity index (χ4v) is 3.12. The number of H-pyrrole nitrogens is 1. The van der Waals surface area contributed by atoms with E-state index >= 15 is 0 Å². The molecule has 28 heavy (non-hydrogen) atoms. The second-order valence-corrected chi connectivity index (χ2v) is 6.12. The number of benzene rings is 2. The highest BCUT2D eigenvalue weighted by atomic mass is 16.6. The Bertz CT molecular complexity index is 1070. The number of rotatable bonds is 7. The Morgan fingerprint density at radius 2 is 1.75 bits per heavy atom. The minimum absolute atomic E-state index is 0.0780. The Labute approximate surface area is 159 Å². The number of para-hydroxylation sites is 1. The van der Waals surface area contributed by atoms with Gasteiger partial charge >= 0.3 is 0 Å². The van der Waals surface area contributed by atoms with E-state index in [0.717, 1.165) is 0 Å².